The van der Waals surface area contributed by atoms with E-state index < -0.39 is 0 Å². The second-order valence-corrected chi connectivity index (χ2v) is 6.10. The van der Waals surface area contributed by atoms with Crippen LogP contribution in [0.5, 0.6) is 0 Å². The number of hydrogen-bond donors (Lipinski definition) is 2. The molecule has 8 heteroatoms. The summed E-state index contributed by atoms with van der Waals surface area (Å²) in [5.41, 5.74) is 1.83. The van der Waals surface area contributed by atoms with Crippen LogP contribution >= 0.6 is 22.9 Å². The monoisotopic (exact) mass is 333 g/mol. The molecule has 2 N–H and O–H groups in total. The molecule has 3 heterocycles. The number of halogens is 1. The molecular formula is C14H12ClN5OS. The van der Waals surface area contributed by atoms with Crippen LogP contribution in [0.25, 0.3) is 21.7 Å². The number of urea groups is 1. The maximum Gasteiger partial charge on any atom is 0.320 e. The van der Waals surface area contributed by atoms with Gasteiger partial charge in [0, 0.05) is 6.54 Å². The van der Waals surface area contributed by atoms with Crippen LogP contribution in [0.1, 0.15) is 6.92 Å². The Morgan fingerprint density at radius 3 is 2.86 bits per heavy atom. The molecule has 3 rings (SSSR count). The molecule has 0 aromatic carbocycles. The molecule has 3 aromatic heterocycles. The van der Waals surface area contributed by atoms with Crippen molar-refractivity contribution in [2.24, 2.45) is 0 Å². The van der Waals surface area contributed by atoms with Crippen LogP contribution in [-0.4, -0.2) is 27.5 Å². The summed E-state index contributed by atoms with van der Waals surface area (Å²) in [5.74, 6) is 0.425. The highest BCUT2D eigenvalue weighted by molar-refractivity contribution is 7.19. The fourth-order valence-corrected chi connectivity index (χ4v) is 2.86. The fraction of sp³-hybridized carbons (Fsp3) is 0.143. The maximum absolute atomic E-state index is 11.5. The van der Waals surface area contributed by atoms with Crippen LogP contribution in [-0.2, 0) is 0 Å². The van der Waals surface area contributed by atoms with Gasteiger partial charge < -0.3 is 5.32 Å². The standard InChI is InChI=1S/C14H12ClN5OS/c1-2-16-14(21)20-12-6-3-8-13(19-12)18-9(7-17-8)10-4-5-11(15)22-10/h3-7H,2H2,1H3,(H2,16,18,19,20,21). The van der Waals surface area contributed by atoms with Crippen LogP contribution in [0.4, 0.5) is 10.6 Å². The average molecular weight is 334 g/mol. The van der Waals surface area contributed by atoms with E-state index in [1.165, 1.54) is 11.3 Å². The van der Waals surface area contributed by atoms with Crippen molar-refractivity contribution in [3.8, 4) is 10.6 Å². The first-order valence-corrected chi connectivity index (χ1v) is 7.79. The molecule has 2 amide bonds. The smallest absolute Gasteiger partial charge is 0.320 e. The SMILES string of the molecule is CCNC(=O)Nc1ccc2ncc(-c3ccc(Cl)s3)nc2n1. The highest BCUT2D eigenvalue weighted by Crippen LogP contribution is 2.30. The minimum Gasteiger partial charge on any atom is -0.338 e. The van der Waals surface area contributed by atoms with Gasteiger partial charge in [0.15, 0.2) is 5.65 Å². The van der Waals surface area contributed by atoms with Gasteiger partial charge in [-0.2, -0.15) is 0 Å². The first-order chi connectivity index (χ1) is 10.7. The molecule has 0 fully saturated rings. The van der Waals surface area contributed by atoms with Crippen molar-refractivity contribution < 1.29 is 4.79 Å². The molecule has 6 nitrogen and oxygen atoms in total. The van der Waals surface area contributed by atoms with E-state index in [2.05, 4.69) is 25.6 Å². The average Bonchev–Trinajstić information content (AvgIpc) is 2.93. The number of thiophene rings is 1. The lowest BCUT2D eigenvalue weighted by Gasteiger charge is -2.06. The quantitative estimate of drug-likeness (QED) is 0.768. The van der Waals surface area contributed by atoms with Gasteiger partial charge in [0.1, 0.15) is 17.0 Å². The Morgan fingerprint density at radius 1 is 1.27 bits per heavy atom. The molecule has 3 aromatic rings. The van der Waals surface area contributed by atoms with E-state index in [0.717, 1.165) is 4.88 Å². The van der Waals surface area contributed by atoms with Crippen molar-refractivity contribution >= 4 is 46.0 Å². The number of nitrogens with zero attached hydrogens (tertiary/aromatic N) is 3. The molecule has 0 aliphatic rings. The molecule has 0 spiro atoms. The molecule has 22 heavy (non-hydrogen) atoms. The number of pyridine rings is 1. The molecule has 0 bridgehead atoms. The van der Waals surface area contributed by atoms with Gasteiger partial charge in [0.05, 0.1) is 15.4 Å². The van der Waals surface area contributed by atoms with Crippen LogP contribution in [0.3, 0.4) is 0 Å². The van der Waals surface area contributed by atoms with Gasteiger partial charge in [-0.25, -0.2) is 14.8 Å². The van der Waals surface area contributed by atoms with Crippen molar-refractivity contribution in [2.75, 3.05) is 11.9 Å². The zero-order chi connectivity index (χ0) is 15.5. The van der Waals surface area contributed by atoms with Crippen molar-refractivity contribution in [1.82, 2.24) is 20.3 Å². The Morgan fingerprint density at radius 2 is 2.14 bits per heavy atom. The molecule has 0 aliphatic carbocycles. The van der Waals surface area contributed by atoms with E-state index >= 15 is 0 Å². The van der Waals surface area contributed by atoms with Crippen LogP contribution in [0, 0.1) is 0 Å². The Balaban J connectivity index is 1.94. The lowest BCUT2D eigenvalue weighted by atomic mass is 10.3. The molecule has 0 saturated heterocycles. The third-order valence-electron chi connectivity index (χ3n) is 2.81. The van der Waals surface area contributed by atoms with Gasteiger partial charge in [-0.05, 0) is 31.2 Å². The summed E-state index contributed by atoms with van der Waals surface area (Å²) in [7, 11) is 0. The van der Waals surface area contributed by atoms with Crippen molar-refractivity contribution in [1.29, 1.82) is 0 Å². The number of carbonyl (C=O) groups excluding carboxylic acids is 1. The van der Waals surface area contributed by atoms with E-state index in [0.29, 0.717) is 33.6 Å². The first kappa shape index (κ1) is 14.7. The Hall–Kier alpha value is -2.25. The minimum absolute atomic E-state index is 0.302. The number of aromatic nitrogens is 3. The van der Waals surface area contributed by atoms with Gasteiger partial charge in [0.25, 0.3) is 0 Å². The predicted molar refractivity (Wildman–Crippen MR) is 88.4 cm³/mol. The second kappa shape index (κ2) is 6.25. The second-order valence-electron chi connectivity index (χ2n) is 4.38. The molecule has 0 unspecified atom stereocenters. The largest absolute Gasteiger partial charge is 0.338 e. The lowest BCUT2D eigenvalue weighted by molar-refractivity contribution is 0.252. The van der Waals surface area contributed by atoms with Crippen LogP contribution in [0.2, 0.25) is 4.34 Å². The zero-order valence-corrected chi connectivity index (χ0v) is 13.2. The minimum atomic E-state index is -0.302. The zero-order valence-electron chi connectivity index (χ0n) is 11.6. The number of hydrogen-bond acceptors (Lipinski definition) is 5. The van der Waals surface area contributed by atoms with Crippen molar-refractivity contribution in [3.63, 3.8) is 0 Å². The number of fused-ring (bicyclic) bond motifs is 1. The summed E-state index contributed by atoms with van der Waals surface area (Å²) in [6.45, 7) is 2.39. The van der Waals surface area contributed by atoms with Gasteiger partial charge >= 0.3 is 6.03 Å². The highest BCUT2D eigenvalue weighted by Gasteiger charge is 2.08. The van der Waals surface area contributed by atoms with Crippen molar-refractivity contribution in [2.45, 2.75) is 6.92 Å². The molecule has 0 radical (unpaired) electrons. The Labute approximate surface area is 135 Å². The van der Waals surface area contributed by atoms with Gasteiger partial charge in [-0.1, -0.05) is 11.6 Å². The highest BCUT2D eigenvalue weighted by atomic mass is 35.5. The van der Waals surface area contributed by atoms with E-state index in [1.807, 2.05) is 19.1 Å². The summed E-state index contributed by atoms with van der Waals surface area (Å²) >= 11 is 7.37. The first-order valence-electron chi connectivity index (χ1n) is 6.60. The van der Waals surface area contributed by atoms with E-state index in [4.69, 9.17) is 11.6 Å². The molecule has 0 saturated carbocycles. The molecule has 0 aliphatic heterocycles. The third kappa shape index (κ3) is 3.15. The molecule has 112 valence electrons. The Kier molecular flexibility index (Phi) is 4.17. The normalized spacial score (nSPS) is 10.6. The van der Waals surface area contributed by atoms with Crippen LogP contribution in [0.15, 0.2) is 30.5 Å². The van der Waals surface area contributed by atoms with Crippen molar-refractivity contribution in [3.05, 3.63) is 34.8 Å². The number of rotatable bonds is 3. The van der Waals surface area contributed by atoms with E-state index in [9.17, 15) is 4.79 Å². The summed E-state index contributed by atoms with van der Waals surface area (Å²) in [4.78, 5) is 25.6. The number of nitrogens with one attached hydrogen (secondary N) is 2. The Bertz CT molecular complexity index is 835. The number of amides is 2. The topological polar surface area (TPSA) is 79.8 Å². The summed E-state index contributed by atoms with van der Waals surface area (Å²) in [6, 6.07) is 6.85. The predicted octanol–water partition coefficient (Wildman–Crippen LogP) is 3.55. The van der Waals surface area contributed by atoms with Crippen LogP contribution < -0.4 is 10.6 Å². The van der Waals surface area contributed by atoms with Gasteiger partial charge in [-0.15, -0.1) is 11.3 Å². The maximum atomic E-state index is 11.5. The van der Waals surface area contributed by atoms with Gasteiger partial charge in [-0.3, -0.25) is 10.3 Å². The third-order valence-corrected chi connectivity index (χ3v) is 4.07. The number of anilines is 1. The fourth-order valence-electron chi connectivity index (χ4n) is 1.86. The van der Waals surface area contributed by atoms with Gasteiger partial charge in [0.2, 0.25) is 0 Å². The summed E-state index contributed by atoms with van der Waals surface area (Å²) in [5, 5.41) is 5.29. The lowest BCUT2D eigenvalue weighted by Crippen LogP contribution is -2.28. The summed E-state index contributed by atoms with van der Waals surface area (Å²) in [6.07, 6.45) is 1.68. The summed E-state index contributed by atoms with van der Waals surface area (Å²) < 4.78 is 0.691. The van der Waals surface area contributed by atoms with E-state index in [-0.39, 0.29) is 6.03 Å². The number of carbonyl (C=O) groups is 1. The van der Waals surface area contributed by atoms with E-state index in [1.54, 1.807) is 18.3 Å². The molecular weight excluding hydrogens is 322 g/mol. The molecule has 0 atom stereocenters.